The Balaban J connectivity index is 3.04. The Labute approximate surface area is 61.6 Å². The fourth-order valence-corrected chi connectivity index (χ4v) is 0.713. The second-order valence-corrected chi connectivity index (χ2v) is 2.07. The summed E-state index contributed by atoms with van der Waals surface area (Å²) in [6, 6.07) is 0. The van der Waals surface area contributed by atoms with Crippen molar-refractivity contribution in [2.45, 2.75) is 13.5 Å². The maximum atomic E-state index is 11.9. The van der Waals surface area contributed by atoms with E-state index >= 15 is 0 Å². The van der Waals surface area contributed by atoms with E-state index < -0.39 is 6.55 Å². The van der Waals surface area contributed by atoms with E-state index in [-0.39, 0.29) is 5.69 Å². The van der Waals surface area contributed by atoms with Crippen molar-refractivity contribution >= 4 is 6.29 Å². The number of aldehydes is 1. The summed E-state index contributed by atoms with van der Waals surface area (Å²) >= 11 is 0. The quantitative estimate of drug-likeness (QED) is 0.613. The molecule has 0 aliphatic heterocycles. The molecular weight excluding hydrogens is 154 g/mol. The van der Waals surface area contributed by atoms with Crippen molar-refractivity contribution < 1.29 is 13.6 Å². The van der Waals surface area contributed by atoms with Gasteiger partial charge in [-0.3, -0.25) is 4.79 Å². The highest BCUT2D eigenvalue weighted by Gasteiger charge is 2.09. The Kier molecular flexibility index (Phi) is 1.98. The summed E-state index contributed by atoms with van der Waals surface area (Å²) in [5.74, 6) is 0. The molecular formula is C6H6F2N2O. The van der Waals surface area contributed by atoms with E-state index in [0.717, 1.165) is 6.20 Å². The molecule has 60 valence electrons. The third kappa shape index (κ3) is 1.42. The van der Waals surface area contributed by atoms with Crippen LogP contribution in [0.2, 0.25) is 0 Å². The minimum absolute atomic E-state index is 0.0605. The molecule has 0 saturated carbocycles. The van der Waals surface area contributed by atoms with E-state index in [9.17, 15) is 13.6 Å². The van der Waals surface area contributed by atoms with Crippen LogP contribution >= 0.6 is 0 Å². The maximum Gasteiger partial charge on any atom is 0.333 e. The van der Waals surface area contributed by atoms with Crippen LogP contribution in [0.3, 0.4) is 0 Å². The fraction of sp³-hybridized carbons (Fsp3) is 0.333. The van der Waals surface area contributed by atoms with Gasteiger partial charge in [0.2, 0.25) is 0 Å². The molecule has 0 saturated heterocycles. The van der Waals surface area contributed by atoms with Crippen LogP contribution in [0.25, 0.3) is 0 Å². The molecule has 1 aromatic heterocycles. The fourth-order valence-electron chi connectivity index (χ4n) is 0.713. The average molecular weight is 160 g/mol. The first kappa shape index (κ1) is 7.84. The lowest BCUT2D eigenvalue weighted by molar-refractivity contribution is 0.0562. The second-order valence-electron chi connectivity index (χ2n) is 2.07. The number of aryl methyl sites for hydroxylation is 1. The van der Waals surface area contributed by atoms with Crippen LogP contribution in [0.15, 0.2) is 6.20 Å². The van der Waals surface area contributed by atoms with Crippen LogP contribution in [0.5, 0.6) is 0 Å². The van der Waals surface area contributed by atoms with Gasteiger partial charge in [-0.2, -0.15) is 13.9 Å². The van der Waals surface area contributed by atoms with Crippen LogP contribution in [-0.2, 0) is 0 Å². The van der Waals surface area contributed by atoms with Gasteiger partial charge in [-0.05, 0) is 12.5 Å². The average Bonchev–Trinajstić information content (AvgIpc) is 2.31. The monoisotopic (exact) mass is 160 g/mol. The third-order valence-corrected chi connectivity index (χ3v) is 1.26. The lowest BCUT2D eigenvalue weighted by Crippen LogP contribution is -1.98. The molecule has 5 heteroatoms. The Bertz CT molecular complexity index is 270. The number of nitrogens with zero attached hydrogens (tertiary/aromatic N) is 2. The molecule has 0 unspecified atom stereocenters. The molecule has 0 N–H and O–H groups in total. The zero-order valence-electron chi connectivity index (χ0n) is 5.79. The molecule has 0 aromatic carbocycles. The van der Waals surface area contributed by atoms with Crippen LogP contribution in [0, 0.1) is 6.92 Å². The Morgan fingerprint density at radius 3 is 2.64 bits per heavy atom. The van der Waals surface area contributed by atoms with Gasteiger partial charge >= 0.3 is 6.55 Å². The number of carbonyl (C=O) groups excluding carboxylic acids is 1. The summed E-state index contributed by atoms with van der Waals surface area (Å²) in [5.41, 5.74) is 0.519. The Morgan fingerprint density at radius 1 is 1.73 bits per heavy atom. The van der Waals surface area contributed by atoms with E-state index in [0.29, 0.717) is 16.5 Å². The topological polar surface area (TPSA) is 34.9 Å². The van der Waals surface area contributed by atoms with E-state index in [1.54, 1.807) is 6.92 Å². The van der Waals surface area contributed by atoms with E-state index in [1.807, 2.05) is 0 Å². The van der Waals surface area contributed by atoms with Crippen LogP contribution in [0.1, 0.15) is 22.6 Å². The number of carbonyl (C=O) groups is 1. The molecule has 11 heavy (non-hydrogen) atoms. The predicted molar refractivity (Wildman–Crippen MR) is 33.6 cm³/mol. The van der Waals surface area contributed by atoms with Gasteiger partial charge in [0.25, 0.3) is 0 Å². The molecule has 3 nitrogen and oxygen atoms in total. The van der Waals surface area contributed by atoms with Gasteiger partial charge in [0.1, 0.15) is 5.69 Å². The van der Waals surface area contributed by atoms with E-state index in [4.69, 9.17) is 0 Å². The predicted octanol–water partition coefficient (Wildman–Crippen LogP) is 1.40. The van der Waals surface area contributed by atoms with Gasteiger partial charge in [0.15, 0.2) is 6.29 Å². The summed E-state index contributed by atoms with van der Waals surface area (Å²) in [5, 5.41) is 3.33. The van der Waals surface area contributed by atoms with Crippen molar-refractivity contribution in [2.75, 3.05) is 0 Å². The third-order valence-electron chi connectivity index (χ3n) is 1.26. The number of hydrogen-bond donors (Lipinski definition) is 0. The van der Waals surface area contributed by atoms with Crippen LogP contribution in [0.4, 0.5) is 8.78 Å². The SMILES string of the molecule is Cc1cn(C(F)F)nc1C=O. The number of rotatable bonds is 2. The van der Waals surface area contributed by atoms with Crippen molar-refractivity contribution in [2.24, 2.45) is 0 Å². The Morgan fingerprint density at radius 2 is 2.36 bits per heavy atom. The lowest BCUT2D eigenvalue weighted by atomic mass is 10.3. The van der Waals surface area contributed by atoms with Crippen molar-refractivity contribution in [3.05, 3.63) is 17.5 Å². The first-order valence-electron chi connectivity index (χ1n) is 2.94. The largest absolute Gasteiger partial charge is 0.333 e. The zero-order valence-corrected chi connectivity index (χ0v) is 5.79. The number of alkyl halides is 2. The van der Waals surface area contributed by atoms with Gasteiger partial charge in [-0.15, -0.1) is 0 Å². The number of halogens is 2. The van der Waals surface area contributed by atoms with Crippen LogP contribution in [-0.4, -0.2) is 16.1 Å². The second kappa shape index (κ2) is 2.77. The van der Waals surface area contributed by atoms with Gasteiger partial charge in [0.05, 0.1) is 0 Å². The van der Waals surface area contributed by atoms with Crippen LogP contribution < -0.4 is 0 Å². The molecule has 0 bridgehead atoms. The highest BCUT2D eigenvalue weighted by atomic mass is 19.3. The molecule has 0 spiro atoms. The Hall–Kier alpha value is -1.26. The smallest absolute Gasteiger partial charge is 0.296 e. The normalized spacial score (nSPS) is 10.5. The summed E-state index contributed by atoms with van der Waals surface area (Å²) < 4.78 is 24.2. The van der Waals surface area contributed by atoms with Crippen molar-refractivity contribution in [3.63, 3.8) is 0 Å². The van der Waals surface area contributed by atoms with Gasteiger partial charge in [-0.25, -0.2) is 4.68 Å². The zero-order chi connectivity index (χ0) is 8.43. The van der Waals surface area contributed by atoms with Gasteiger partial charge < -0.3 is 0 Å². The van der Waals surface area contributed by atoms with Crippen molar-refractivity contribution in [1.82, 2.24) is 9.78 Å². The standard InChI is InChI=1S/C6H6F2N2O/c1-4-2-10(6(7)8)9-5(4)3-11/h2-3,6H,1H3. The first-order valence-corrected chi connectivity index (χ1v) is 2.94. The summed E-state index contributed by atoms with van der Waals surface area (Å²) in [7, 11) is 0. The lowest BCUT2D eigenvalue weighted by Gasteiger charge is -1.94. The molecule has 0 aliphatic rings. The molecule has 0 atom stereocenters. The minimum Gasteiger partial charge on any atom is -0.296 e. The molecule has 1 aromatic rings. The number of aromatic nitrogens is 2. The number of hydrogen-bond acceptors (Lipinski definition) is 2. The van der Waals surface area contributed by atoms with E-state index in [1.165, 1.54) is 0 Å². The minimum atomic E-state index is -2.68. The summed E-state index contributed by atoms with van der Waals surface area (Å²) in [6.07, 6.45) is 1.59. The summed E-state index contributed by atoms with van der Waals surface area (Å²) in [6.45, 7) is -1.13. The molecule has 0 amide bonds. The van der Waals surface area contributed by atoms with Crippen molar-refractivity contribution in [3.8, 4) is 0 Å². The molecule has 1 rings (SSSR count). The van der Waals surface area contributed by atoms with Crippen molar-refractivity contribution in [1.29, 1.82) is 0 Å². The highest BCUT2D eigenvalue weighted by molar-refractivity contribution is 5.73. The first-order chi connectivity index (χ1) is 5.15. The molecule has 0 fully saturated rings. The summed E-state index contributed by atoms with van der Waals surface area (Å²) in [4.78, 5) is 10.1. The van der Waals surface area contributed by atoms with Gasteiger partial charge in [0, 0.05) is 6.20 Å². The molecule has 0 radical (unpaired) electrons. The molecule has 1 heterocycles. The van der Waals surface area contributed by atoms with Gasteiger partial charge in [-0.1, -0.05) is 0 Å². The molecule has 0 aliphatic carbocycles. The van der Waals surface area contributed by atoms with E-state index in [2.05, 4.69) is 5.10 Å². The maximum absolute atomic E-state index is 11.9. The highest BCUT2D eigenvalue weighted by Crippen LogP contribution is 2.11.